The Morgan fingerprint density at radius 3 is 2.56 bits per heavy atom. The first kappa shape index (κ1) is 14.3. The minimum absolute atomic E-state index is 0.807. The monoisotopic (exact) mass is 253 g/mol. The SMILES string of the molecule is CCCC1CCC(CNC2CC2)C(COCC)C1. The van der Waals surface area contributed by atoms with Crippen LogP contribution in [0.15, 0.2) is 0 Å². The fourth-order valence-electron chi connectivity index (χ4n) is 3.44. The zero-order chi connectivity index (χ0) is 12.8. The smallest absolute Gasteiger partial charge is 0.0497 e. The Morgan fingerprint density at radius 2 is 1.89 bits per heavy atom. The molecule has 18 heavy (non-hydrogen) atoms. The molecule has 2 fully saturated rings. The molecule has 0 bridgehead atoms. The van der Waals surface area contributed by atoms with Crippen LogP contribution in [0.1, 0.15) is 58.8 Å². The minimum Gasteiger partial charge on any atom is -0.381 e. The summed E-state index contributed by atoms with van der Waals surface area (Å²) in [7, 11) is 0. The molecule has 2 aliphatic carbocycles. The summed E-state index contributed by atoms with van der Waals surface area (Å²) in [6.07, 6.45) is 9.85. The molecule has 2 heteroatoms. The van der Waals surface area contributed by atoms with Crippen LogP contribution in [0.5, 0.6) is 0 Å². The number of hydrogen-bond acceptors (Lipinski definition) is 2. The lowest BCUT2D eigenvalue weighted by atomic mass is 9.73. The summed E-state index contributed by atoms with van der Waals surface area (Å²) in [6, 6.07) is 0.853. The average Bonchev–Trinajstić information content (AvgIpc) is 3.19. The molecule has 106 valence electrons. The van der Waals surface area contributed by atoms with Crippen molar-refractivity contribution in [2.75, 3.05) is 19.8 Å². The van der Waals surface area contributed by atoms with E-state index in [1.807, 2.05) is 0 Å². The van der Waals surface area contributed by atoms with E-state index >= 15 is 0 Å². The Kier molecular flexibility index (Phi) is 5.97. The van der Waals surface area contributed by atoms with E-state index < -0.39 is 0 Å². The predicted octanol–water partition coefficient (Wildman–Crippen LogP) is 3.61. The zero-order valence-electron chi connectivity index (χ0n) is 12.3. The molecule has 0 spiro atoms. The van der Waals surface area contributed by atoms with Gasteiger partial charge in [0.05, 0.1) is 0 Å². The van der Waals surface area contributed by atoms with Crippen molar-refractivity contribution in [1.29, 1.82) is 0 Å². The first-order chi connectivity index (χ1) is 8.83. The predicted molar refractivity (Wildman–Crippen MR) is 76.7 cm³/mol. The van der Waals surface area contributed by atoms with E-state index in [1.54, 1.807) is 0 Å². The van der Waals surface area contributed by atoms with Gasteiger partial charge < -0.3 is 10.1 Å². The van der Waals surface area contributed by atoms with Gasteiger partial charge in [0.25, 0.3) is 0 Å². The van der Waals surface area contributed by atoms with E-state index in [4.69, 9.17) is 4.74 Å². The summed E-state index contributed by atoms with van der Waals surface area (Å²) < 4.78 is 5.72. The van der Waals surface area contributed by atoms with E-state index in [0.717, 1.165) is 37.0 Å². The lowest BCUT2D eigenvalue weighted by Crippen LogP contribution is -2.36. The van der Waals surface area contributed by atoms with E-state index in [9.17, 15) is 0 Å². The number of ether oxygens (including phenoxy) is 1. The van der Waals surface area contributed by atoms with Crippen molar-refractivity contribution < 1.29 is 4.74 Å². The van der Waals surface area contributed by atoms with Gasteiger partial charge in [-0.05, 0) is 56.9 Å². The lowest BCUT2D eigenvalue weighted by molar-refractivity contribution is 0.0491. The normalized spacial score (nSPS) is 32.7. The first-order valence-electron chi connectivity index (χ1n) is 8.14. The molecule has 3 atom stereocenters. The topological polar surface area (TPSA) is 21.3 Å². The van der Waals surface area contributed by atoms with Gasteiger partial charge in [0.15, 0.2) is 0 Å². The molecule has 2 rings (SSSR count). The van der Waals surface area contributed by atoms with E-state index in [1.165, 1.54) is 51.5 Å². The van der Waals surface area contributed by atoms with Gasteiger partial charge in [-0.1, -0.05) is 26.2 Å². The molecule has 0 heterocycles. The molecule has 0 amide bonds. The molecule has 2 saturated carbocycles. The van der Waals surface area contributed by atoms with Crippen LogP contribution in [-0.2, 0) is 4.74 Å². The molecule has 0 aliphatic heterocycles. The van der Waals surface area contributed by atoms with Crippen molar-refractivity contribution in [3.05, 3.63) is 0 Å². The Morgan fingerprint density at radius 1 is 1.06 bits per heavy atom. The highest BCUT2D eigenvalue weighted by Gasteiger charge is 2.31. The Labute approximate surface area is 113 Å². The quantitative estimate of drug-likeness (QED) is 0.713. The van der Waals surface area contributed by atoms with Gasteiger partial charge in [0.2, 0.25) is 0 Å². The van der Waals surface area contributed by atoms with Crippen molar-refractivity contribution in [1.82, 2.24) is 5.32 Å². The van der Waals surface area contributed by atoms with E-state index in [0.29, 0.717) is 0 Å². The van der Waals surface area contributed by atoms with Gasteiger partial charge >= 0.3 is 0 Å². The van der Waals surface area contributed by atoms with Crippen LogP contribution < -0.4 is 5.32 Å². The Hall–Kier alpha value is -0.0800. The molecule has 2 aliphatic rings. The zero-order valence-corrected chi connectivity index (χ0v) is 12.3. The molecule has 2 nitrogen and oxygen atoms in total. The van der Waals surface area contributed by atoms with Gasteiger partial charge in [-0.3, -0.25) is 0 Å². The summed E-state index contributed by atoms with van der Waals surface area (Å²) >= 11 is 0. The van der Waals surface area contributed by atoms with Crippen molar-refractivity contribution >= 4 is 0 Å². The average molecular weight is 253 g/mol. The van der Waals surface area contributed by atoms with Gasteiger partial charge in [0.1, 0.15) is 0 Å². The minimum atomic E-state index is 0.807. The summed E-state index contributed by atoms with van der Waals surface area (Å²) in [4.78, 5) is 0. The molecular formula is C16H31NO. The fourth-order valence-corrected chi connectivity index (χ4v) is 3.44. The standard InChI is InChI=1S/C16H31NO/c1-3-5-13-6-7-14(11-17-16-8-9-16)15(10-13)12-18-4-2/h13-17H,3-12H2,1-2H3. The second kappa shape index (κ2) is 7.49. The summed E-state index contributed by atoms with van der Waals surface area (Å²) in [5.41, 5.74) is 0. The fraction of sp³-hybridized carbons (Fsp3) is 1.00. The van der Waals surface area contributed by atoms with Crippen LogP contribution in [0.25, 0.3) is 0 Å². The number of rotatable bonds is 8. The van der Waals surface area contributed by atoms with Gasteiger partial charge in [-0.2, -0.15) is 0 Å². The Bertz CT molecular complexity index is 227. The molecule has 0 radical (unpaired) electrons. The van der Waals surface area contributed by atoms with Crippen molar-refractivity contribution in [2.45, 2.75) is 64.8 Å². The number of nitrogens with one attached hydrogen (secondary N) is 1. The molecular weight excluding hydrogens is 222 g/mol. The second-order valence-corrected chi connectivity index (χ2v) is 6.33. The molecule has 0 aromatic heterocycles. The Balaban J connectivity index is 1.77. The van der Waals surface area contributed by atoms with Crippen molar-refractivity contribution in [2.24, 2.45) is 17.8 Å². The van der Waals surface area contributed by atoms with Gasteiger partial charge in [0, 0.05) is 19.3 Å². The highest BCUT2D eigenvalue weighted by Crippen LogP contribution is 2.36. The third kappa shape index (κ3) is 4.55. The van der Waals surface area contributed by atoms with E-state index in [-0.39, 0.29) is 0 Å². The van der Waals surface area contributed by atoms with Crippen LogP contribution in [-0.4, -0.2) is 25.8 Å². The summed E-state index contributed by atoms with van der Waals surface area (Å²) in [5.74, 6) is 2.64. The summed E-state index contributed by atoms with van der Waals surface area (Å²) in [6.45, 7) is 7.54. The van der Waals surface area contributed by atoms with Crippen LogP contribution in [0.4, 0.5) is 0 Å². The molecule has 0 aromatic rings. The van der Waals surface area contributed by atoms with Gasteiger partial charge in [-0.25, -0.2) is 0 Å². The number of hydrogen-bond donors (Lipinski definition) is 1. The maximum atomic E-state index is 5.72. The van der Waals surface area contributed by atoms with Crippen LogP contribution in [0.3, 0.4) is 0 Å². The summed E-state index contributed by atoms with van der Waals surface area (Å²) in [5, 5.41) is 3.72. The van der Waals surface area contributed by atoms with Crippen LogP contribution in [0.2, 0.25) is 0 Å². The molecule has 3 unspecified atom stereocenters. The molecule has 1 N–H and O–H groups in total. The maximum absolute atomic E-state index is 5.72. The first-order valence-corrected chi connectivity index (χ1v) is 8.14. The van der Waals surface area contributed by atoms with Crippen molar-refractivity contribution in [3.8, 4) is 0 Å². The largest absolute Gasteiger partial charge is 0.381 e. The van der Waals surface area contributed by atoms with Crippen LogP contribution in [0, 0.1) is 17.8 Å². The van der Waals surface area contributed by atoms with Crippen LogP contribution >= 0.6 is 0 Å². The highest BCUT2D eigenvalue weighted by atomic mass is 16.5. The third-order valence-electron chi connectivity index (χ3n) is 4.73. The lowest BCUT2D eigenvalue weighted by Gasteiger charge is -2.36. The molecule has 0 aromatic carbocycles. The highest BCUT2D eigenvalue weighted by molar-refractivity contribution is 4.86. The van der Waals surface area contributed by atoms with E-state index in [2.05, 4.69) is 19.2 Å². The third-order valence-corrected chi connectivity index (χ3v) is 4.73. The molecule has 0 saturated heterocycles. The van der Waals surface area contributed by atoms with Gasteiger partial charge in [-0.15, -0.1) is 0 Å². The second-order valence-electron chi connectivity index (χ2n) is 6.33. The van der Waals surface area contributed by atoms with Crippen molar-refractivity contribution in [3.63, 3.8) is 0 Å². The maximum Gasteiger partial charge on any atom is 0.0497 e.